The minimum absolute atomic E-state index is 0.771. The Balaban J connectivity index is 2.51. The van der Waals surface area contributed by atoms with Crippen LogP contribution in [-0.4, -0.2) is 33.9 Å². The molecule has 0 amide bonds. The van der Waals surface area contributed by atoms with Gasteiger partial charge in [-0.3, -0.25) is 0 Å². The number of hydrogen-bond donors (Lipinski definition) is 2. The van der Waals surface area contributed by atoms with Crippen LogP contribution in [0.15, 0.2) is 12.1 Å². The molecule has 0 atom stereocenters. The molecule has 3 N–H and O–H groups in total. The van der Waals surface area contributed by atoms with Gasteiger partial charge >= 0.3 is 0 Å². The highest BCUT2D eigenvalue weighted by molar-refractivity contribution is 5.49. The van der Waals surface area contributed by atoms with E-state index in [2.05, 4.69) is 11.4 Å². The second-order valence-electron chi connectivity index (χ2n) is 4.58. The smallest absolute Gasteiger partial charge is 0.128 e. The van der Waals surface area contributed by atoms with Crippen LogP contribution in [-0.2, 0) is 6.42 Å². The second kappa shape index (κ2) is 8.77. The summed E-state index contributed by atoms with van der Waals surface area (Å²) in [4.78, 5) is 0. The van der Waals surface area contributed by atoms with E-state index in [-0.39, 0.29) is 0 Å². The van der Waals surface area contributed by atoms with Gasteiger partial charge in [0, 0.05) is 5.56 Å². The maximum absolute atomic E-state index is 5.49. The van der Waals surface area contributed by atoms with Gasteiger partial charge in [-0.25, -0.2) is 0 Å². The van der Waals surface area contributed by atoms with E-state index in [1.165, 1.54) is 5.56 Å². The van der Waals surface area contributed by atoms with Gasteiger partial charge in [0.25, 0.3) is 0 Å². The summed E-state index contributed by atoms with van der Waals surface area (Å²) in [5.41, 5.74) is 7.74. The van der Waals surface area contributed by atoms with E-state index in [0.29, 0.717) is 0 Å². The molecule has 0 aliphatic rings. The summed E-state index contributed by atoms with van der Waals surface area (Å²) in [5, 5.41) is 3.43. The number of ether oxygens (including phenoxy) is 2. The van der Waals surface area contributed by atoms with Gasteiger partial charge in [-0.15, -0.1) is 0 Å². The third kappa shape index (κ3) is 4.73. The van der Waals surface area contributed by atoms with Crippen LogP contribution in [0.1, 0.15) is 24.0 Å². The number of unbranched alkanes of at least 4 members (excludes halogenated alkanes) is 1. The molecule has 4 nitrogen and oxygen atoms in total. The Bertz CT molecular complexity index is 381. The van der Waals surface area contributed by atoms with Gasteiger partial charge in [0.2, 0.25) is 0 Å². The molecule has 0 unspecified atom stereocenters. The molecular formula is C15H26N2O2. The molecule has 4 heteroatoms. The quantitative estimate of drug-likeness (QED) is 0.670. The molecule has 0 radical (unpaired) electrons. The molecule has 0 saturated carbocycles. The summed E-state index contributed by atoms with van der Waals surface area (Å²) in [7, 11) is 3.39. The Labute approximate surface area is 116 Å². The molecule has 0 heterocycles. The van der Waals surface area contributed by atoms with E-state index >= 15 is 0 Å². The number of benzene rings is 1. The lowest BCUT2D eigenvalue weighted by molar-refractivity contribution is 0.385. The second-order valence-corrected chi connectivity index (χ2v) is 4.58. The fraction of sp³-hybridized carbons (Fsp3) is 0.600. The van der Waals surface area contributed by atoms with Crippen molar-refractivity contribution < 1.29 is 9.47 Å². The fourth-order valence-electron chi connectivity index (χ4n) is 2.17. The average molecular weight is 266 g/mol. The van der Waals surface area contributed by atoms with Crippen LogP contribution >= 0.6 is 0 Å². The molecule has 0 fully saturated rings. The van der Waals surface area contributed by atoms with Crippen molar-refractivity contribution in [3.8, 4) is 11.5 Å². The standard InChI is InChI=1S/C15H26N2O2/c1-12-14(18-2)7-6-13(15(12)19-3)8-11-17-10-5-4-9-16/h6-7,17H,4-5,8-11,16H2,1-3H3. The van der Waals surface area contributed by atoms with Crippen molar-refractivity contribution in [1.82, 2.24) is 5.32 Å². The summed E-state index contributed by atoms with van der Waals surface area (Å²) in [6.07, 6.45) is 3.17. The first-order valence-corrected chi connectivity index (χ1v) is 6.85. The minimum atomic E-state index is 0.771. The summed E-state index contributed by atoms with van der Waals surface area (Å²) in [6, 6.07) is 4.08. The van der Waals surface area contributed by atoms with Crippen LogP contribution in [0, 0.1) is 6.92 Å². The predicted octanol–water partition coefficient (Wildman–Crippen LogP) is 1.88. The highest BCUT2D eigenvalue weighted by Gasteiger charge is 2.10. The van der Waals surface area contributed by atoms with Gasteiger partial charge in [-0.05, 0) is 57.5 Å². The molecule has 0 bridgehead atoms. The topological polar surface area (TPSA) is 56.5 Å². The SMILES string of the molecule is COc1ccc(CCNCCCCN)c(OC)c1C. The molecule has 1 aromatic rings. The highest BCUT2D eigenvalue weighted by atomic mass is 16.5. The van der Waals surface area contributed by atoms with Crippen molar-refractivity contribution in [2.24, 2.45) is 5.73 Å². The Morgan fingerprint density at radius 2 is 1.89 bits per heavy atom. The molecule has 0 aliphatic carbocycles. The van der Waals surface area contributed by atoms with Crippen LogP contribution in [0.3, 0.4) is 0 Å². The van der Waals surface area contributed by atoms with Crippen molar-refractivity contribution in [2.45, 2.75) is 26.2 Å². The van der Waals surface area contributed by atoms with Crippen molar-refractivity contribution in [3.63, 3.8) is 0 Å². The van der Waals surface area contributed by atoms with Crippen molar-refractivity contribution >= 4 is 0 Å². The zero-order valence-corrected chi connectivity index (χ0v) is 12.3. The van der Waals surface area contributed by atoms with Crippen molar-refractivity contribution in [3.05, 3.63) is 23.3 Å². The number of methoxy groups -OCH3 is 2. The molecular weight excluding hydrogens is 240 g/mol. The third-order valence-corrected chi connectivity index (χ3v) is 3.24. The van der Waals surface area contributed by atoms with E-state index in [1.807, 2.05) is 13.0 Å². The van der Waals surface area contributed by atoms with E-state index in [9.17, 15) is 0 Å². The zero-order chi connectivity index (χ0) is 14.1. The lowest BCUT2D eigenvalue weighted by atomic mass is 10.1. The molecule has 0 spiro atoms. The van der Waals surface area contributed by atoms with E-state index in [4.69, 9.17) is 15.2 Å². The van der Waals surface area contributed by atoms with Crippen LogP contribution in [0.5, 0.6) is 11.5 Å². The fourth-order valence-corrected chi connectivity index (χ4v) is 2.17. The molecule has 1 aromatic carbocycles. The van der Waals surface area contributed by atoms with E-state index in [1.54, 1.807) is 14.2 Å². The van der Waals surface area contributed by atoms with Gasteiger partial charge in [0.05, 0.1) is 14.2 Å². The largest absolute Gasteiger partial charge is 0.496 e. The Kier molecular flexibility index (Phi) is 7.30. The highest BCUT2D eigenvalue weighted by Crippen LogP contribution is 2.31. The molecule has 0 aliphatic heterocycles. The first-order chi connectivity index (χ1) is 9.24. The van der Waals surface area contributed by atoms with Gasteiger partial charge in [-0.1, -0.05) is 6.07 Å². The van der Waals surface area contributed by atoms with E-state index < -0.39 is 0 Å². The number of rotatable bonds is 9. The maximum Gasteiger partial charge on any atom is 0.128 e. The van der Waals surface area contributed by atoms with Crippen LogP contribution < -0.4 is 20.5 Å². The Morgan fingerprint density at radius 1 is 1.11 bits per heavy atom. The minimum Gasteiger partial charge on any atom is -0.496 e. The van der Waals surface area contributed by atoms with Gasteiger partial charge in [0.15, 0.2) is 0 Å². The molecule has 0 aromatic heterocycles. The molecule has 108 valence electrons. The zero-order valence-electron chi connectivity index (χ0n) is 12.3. The number of nitrogens with one attached hydrogen (secondary N) is 1. The number of nitrogens with two attached hydrogens (primary N) is 1. The normalized spacial score (nSPS) is 10.5. The summed E-state index contributed by atoms with van der Waals surface area (Å²) >= 11 is 0. The molecule has 0 saturated heterocycles. The number of hydrogen-bond acceptors (Lipinski definition) is 4. The Hall–Kier alpha value is -1.26. The lowest BCUT2D eigenvalue weighted by Crippen LogP contribution is -2.19. The summed E-state index contributed by atoms with van der Waals surface area (Å²) < 4.78 is 10.8. The third-order valence-electron chi connectivity index (χ3n) is 3.24. The Morgan fingerprint density at radius 3 is 2.53 bits per heavy atom. The van der Waals surface area contributed by atoms with Gasteiger partial charge in [0.1, 0.15) is 11.5 Å². The van der Waals surface area contributed by atoms with Crippen LogP contribution in [0.25, 0.3) is 0 Å². The van der Waals surface area contributed by atoms with Crippen LogP contribution in [0.4, 0.5) is 0 Å². The first kappa shape index (κ1) is 15.8. The first-order valence-electron chi connectivity index (χ1n) is 6.85. The van der Waals surface area contributed by atoms with Crippen LogP contribution in [0.2, 0.25) is 0 Å². The maximum atomic E-state index is 5.49. The average Bonchev–Trinajstić information content (AvgIpc) is 2.43. The molecule has 19 heavy (non-hydrogen) atoms. The summed E-state index contributed by atoms with van der Waals surface area (Å²) in [6.45, 7) is 4.77. The van der Waals surface area contributed by atoms with Gasteiger partial charge < -0.3 is 20.5 Å². The van der Waals surface area contributed by atoms with Crippen molar-refractivity contribution in [2.75, 3.05) is 33.9 Å². The molecule has 1 rings (SSSR count). The summed E-state index contributed by atoms with van der Waals surface area (Å²) in [5.74, 6) is 1.81. The monoisotopic (exact) mass is 266 g/mol. The van der Waals surface area contributed by atoms with E-state index in [0.717, 1.165) is 56.0 Å². The predicted molar refractivity (Wildman–Crippen MR) is 79.1 cm³/mol. The van der Waals surface area contributed by atoms with Gasteiger partial charge in [-0.2, -0.15) is 0 Å². The van der Waals surface area contributed by atoms with Crippen molar-refractivity contribution in [1.29, 1.82) is 0 Å². The lowest BCUT2D eigenvalue weighted by Gasteiger charge is -2.14.